The molecular weight excluding hydrogens is 354 g/mol. The maximum atomic E-state index is 12.5. The summed E-state index contributed by atoms with van der Waals surface area (Å²) < 4.78 is 17.0. The van der Waals surface area contributed by atoms with Crippen LogP contribution in [0.25, 0.3) is 0 Å². The smallest absolute Gasteiger partial charge is 0.226 e. The van der Waals surface area contributed by atoms with E-state index in [2.05, 4.69) is 0 Å². The molecule has 138 valence electrons. The van der Waals surface area contributed by atoms with E-state index in [1.54, 1.807) is 29.2 Å². The van der Waals surface area contributed by atoms with E-state index in [4.69, 9.17) is 25.8 Å². The van der Waals surface area contributed by atoms with E-state index >= 15 is 0 Å². The molecule has 0 saturated carbocycles. The fourth-order valence-electron chi connectivity index (χ4n) is 2.79. The summed E-state index contributed by atoms with van der Waals surface area (Å²) >= 11 is 5.85. The van der Waals surface area contributed by atoms with Crippen molar-refractivity contribution < 1.29 is 19.0 Å². The molecule has 2 aromatic rings. The third-order valence-corrected chi connectivity index (χ3v) is 4.39. The molecule has 1 aliphatic heterocycles. The van der Waals surface area contributed by atoms with Crippen molar-refractivity contribution in [1.29, 1.82) is 0 Å². The van der Waals surface area contributed by atoms with Gasteiger partial charge in [0.1, 0.15) is 19.0 Å². The fourth-order valence-corrected chi connectivity index (χ4v) is 2.91. The lowest BCUT2D eigenvalue weighted by Crippen LogP contribution is -2.31. The minimum Gasteiger partial charge on any atom is -0.493 e. The minimum atomic E-state index is 0.0378. The zero-order chi connectivity index (χ0) is 18.4. The monoisotopic (exact) mass is 375 g/mol. The van der Waals surface area contributed by atoms with Crippen LogP contribution in [0.15, 0.2) is 42.5 Å². The molecule has 1 amide bonds. The van der Waals surface area contributed by atoms with Crippen LogP contribution < -0.4 is 14.2 Å². The normalized spacial score (nSPS) is 12.5. The SMILES string of the molecule is CCN(Cc1cccc2c1OCCO2)C(=O)CCOc1ccc(Cl)cc1. The second-order valence-corrected chi connectivity index (χ2v) is 6.34. The molecule has 0 N–H and O–H groups in total. The van der Waals surface area contributed by atoms with Crippen molar-refractivity contribution in [3.63, 3.8) is 0 Å². The van der Waals surface area contributed by atoms with Gasteiger partial charge in [-0.1, -0.05) is 23.7 Å². The number of amides is 1. The Balaban J connectivity index is 1.56. The number of benzene rings is 2. The van der Waals surface area contributed by atoms with Gasteiger partial charge >= 0.3 is 0 Å². The Morgan fingerprint density at radius 1 is 1.15 bits per heavy atom. The van der Waals surface area contributed by atoms with Gasteiger partial charge in [0, 0.05) is 23.7 Å². The molecule has 0 aromatic heterocycles. The summed E-state index contributed by atoms with van der Waals surface area (Å²) in [5, 5.41) is 0.656. The Morgan fingerprint density at radius 2 is 1.92 bits per heavy atom. The fraction of sp³-hybridized carbons (Fsp3) is 0.350. The quantitative estimate of drug-likeness (QED) is 0.735. The maximum Gasteiger partial charge on any atom is 0.226 e. The van der Waals surface area contributed by atoms with Gasteiger partial charge in [-0.25, -0.2) is 0 Å². The van der Waals surface area contributed by atoms with Gasteiger partial charge in [-0.15, -0.1) is 0 Å². The molecule has 26 heavy (non-hydrogen) atoms. The van der Waals surface area contributed by atoms with Crippen LogP contribution in [-0.2, 0) is 11.3 Å². The van der Waals surface area contributed by atoms with Gasteiger partial charge in [-0.2, -0.15) is 0 Å². The van der Waals surface area contributed by atoms with Crippen LogP contribution in [0.2, 0.25) is 5.02 Å². The molecule has 2 aromatic carbocycles. The van der Waals surface area contributed by atoms with Crippen LogP contribution in [0.5, 0.6) is 17.2 Å². The highest BCUT2D eigenvalue weighted by atomic mass is 35.5. The summed E-state index contributed by atoms with van der Waals surface area (Å²) in [7, 11) is 0. The summed E-state index contributed by atoms with van der Waals surface area (Å²) in [6, 6.07) is 12.9. The van der Waals surface area contributed by atoms with Crippen molar-refractivity contribution in [2.75, 3.05) is 26.4 Å². The molecule has 0 unspecified atom stereocenters. The van der Waals surface area contributed by atoms with Gasteiger partial charge in [0.25, 0.3) is 0 Å². The van der Waals surface area contributed by atoms with Crippen LogP contribution in [0.4, 0.5) is 0 Å². The van der Waals surface area contributed by atoms with E-state index in [0.29, 0.717) is 50.1 Å². The number of carbonyl (C=O) groups is 1. The predicted octanol–water partition coefficient (Wildman–Crippen LogP) is 3.93. The van der Waals surface area contributed by atoms with Gasteiger partial charge in [-0.05, 0) is 37.3 Å². The first-order valence-corrected chi connectivity index (χ1v) is 9.09. The number of nitrogens with zero attached hydrogens (tertiary/aromatic N) is 1. The number of hydrogen-bond acceptors (Lipinski definition) is 4. The largest absolute Gasteiger partial charge is 0.493 e. The van der Waals surface area contributed by atoms with Gasteiger partial charge in [0.2, 0.25) is 5.91 Å². The van der Waals surface area contributed by atoms with Crippen molar-refractivity contribution >= 4 is 17.5 Å². The first-order valence-electron chi connectivity index (χ1n) is 8.71. The molecule has 0 spiro atoms. The van der Waals surface area contributed by atoms with Crippen LogP contribution in [-0.4, -0.2) is 37.2 Å². The third-order valence-electron chi connectivity index (χ3n) is 4.14. The number of halogens is 1. The number of hydrogen-bond donors (Lipinski definition) is 0. The van der Waals surface area contributed by atoms with Gasteiger partial charge in [0.05, 0.1) is 13.0 Å². The van der Waals surface area contributed by atoms with Gasteiger partial charge in [0.15, 0.2) is 11.5 Å². The van der Waals surface area contributed by atoms with E-state index in [-0.39, 0.29) is 5.91 Å². The number of ether oxygens (including phenoxy) is 3. The summed E-state index contributed by atoms with van der Waals surface area (Å²) in [5.41, 5.74) is 0.955. The topological polar surface area (TPSA) is 48.0 Å². The third kappa shape index (κ3) is 4.61. The van der Waals surface area contributed by atoms with Gasteiger partial charge < -0.3 is 19.1 Å². The lowest BCUT2D eigenvalue weighted by atomic mass is 10.1. The Kier molecular flexibility index (Phi) is 6.23. The van der Waals surface area contributed by atoms with Crippen molar-refractivity contribution in [2.24, 2.45) is 0 Å². The minimum absolute atomic E-state index is 0.0378. The standard InChI is InChI=1S/C20H22ClNO4/c1-2-22(14-15-4-3-5-18-20(15)26-13-12-25-18)19(23)10-11-24-17-8-6-16(21)7-9-17/h3-9H,2,10-14H2,1H3. The van der Waals surface area contributed by atoms with Crippen LogP contribution in [0, 0.1) is 0 Å². The lowest BCUT2D eigenvalue weighted by molar-refractivity contribution is -0.132. The summed E-state index contributed by atoms with van der Waals surface area (Å²) in [6.45, 7) is 4.47. The van der Waals surface area contributed by atoms with Gasteiger partial charge in [-0.3, -0.25) is 4.79 Å². The highest BCUT2D eigenvalue weighted by Crippen LogP contribution is 2.34. The molecule has 0 saturated heterocycles. The molecule has 6 heteroatoms. The second-order valence-electron chi connectivity index (χ2n) is 5.90. The van der Waals surface area contributed by atoms with E-state index in [0.717, 1.165) is 17.1 Å². The number of para-hydroxylation sites is 1. The molecule has 1 aliphatic rings. The molecule has 0 aliphatic carbocycles. The van der Waals surface area contributed by atoms with Crippen molar-refractivity contribution in [3.05, 3.63) is 53.1 Å². The van der Waals surface area contributed by atoms with E-state index in [9.17, 15) is 4.79 Å². The first kappa shape index (κ1) is 18.4. The molecule has 3 rings (SSSR count). The highest BCUT2D eigenvalue weighted by Gasteiger charge is 2.19. The first-order chi connectivity index (χ1) is 12.7. The van der Waals surface area contributed by atoms with E-state index in [1.807, 2.05) is 25.1 Å². The van der Waals surface area contributed by atoms with E-state index < -0.39 is 0 Å². The highest BCUT2D eigenvalue weighted by molar-refractivity contribution is 6.30. The van der Waals surface area contributed by atoms with Crippen molar-refractivity contribution in [3.8, 4) is 17.2 Å². The lowest BCUT2D eigenvalue weighted by Gasteiger charge is -2.25. The zero-order valence-electron chi connectivity index (χ0n) is 14.7. The van der Waals surface area contributed by atoms with E-state index in [1.165, 1.54) is 0 Å². The molecule has 0 bridgehead atoms. The van der Waals surface area contributed by atoms with Crippen LogP contribution in [0.3, 0.4) is 0 Å². The van der Waals surface area contributed by atoms with Crippen LogP contribution >= 0.6 is 11.6 Å². The molecule has 0 radical (unpaired) electrons. The zero-order valence-corrected chi connectivity index (χ0v) is 15.5. The number of carbonyl (C=O) groups excluding carboxylic acids is 1. The van der Waals surface area contributed by atoms with Crippen molar-refractivity contribution in [1.82, 2.24) is 4.90 Å². The average Bonchev–Trinajstić information content (AvgIpc) is 2.67. The molecule has 0 fully saturated rings. The Morgan fingerprint density at radius 3 is 2.69 bits per heavy atom. The number of fused-ring (bicyclic) bond motifs is 1. The Labute approximate surface area is 158 Å². The number of rotatable bonds is 7. The predicted molar refractivity (Wildman–Crippen MR) is 100 cm³/mol. The summed E-state index contributed by atoms with van der Waals surface area (Å²) in [5.74, 6) is 2.22. The molecule has 0 atom stereocenters. The second kappa shape index (κ2) is 8.81. The van der Waals surface area contributed by atoms with Crippen LogP contribution in [0.1, 0.15) is 18.9 Å². The molecule has 5 nitrogen and oxygen atoms in total. The Hall–Kier alpha value is -2.40. The summed E-state index contributed by atoms with van der Waals surface area (Å²) in [6.07, 6.45) is 0.308. The maximum absolute atomic E-state index is 12.5. The van der Waals surface area contributed by atoms with Crippen molar-refractivity contribution in [2.45, 2.75) is 19.9 Å². The average molecular weight is 376 g/mol. The Bertz CT molecular complexity index is 748. The summed E-state index contributed by atoms with van der Waals surface area (Å²) in [4.78, 5) is 14.3. The molecular formula is C20H22ClNO4. The molecule has 1 heterocycles.